The Kier molecular flexibility index (Phi) is 5.86. The summed E-state index contributed by atoms with van der Waals surface area (Å²) in [5.41, 5.74) is 1.21. The monoisotopic (exact) mass is 445 g/mol. The van der Waals surface area contributed by atoms with Crippen LogP contribution in [0.3, 0.4) is 0 Å². The van der Waals surface area contributed by atoms with E-state index in [-0.39, 0.29) is 25.2 Å². The van der Waals surface area contributed by atoms with Crippen molar-refractivity contribution in [2.45, 2.75) is 50.1 Å². The molecular formula is C22H26ClF2NO4. The van der Waals surface area contributed by atoms with Crippen LogP contribution in [0.4, 0.5) is 8.78 Å². The fraction of sp³-hybridized carbons (Fsp3) is 0.455. The zero-order chi connectivity index (χ0) is 24.0. The van der Waals surface area contributed by atoms with Crippen molar-refractivity contribution in [1.29, 1.82) is 0 Å². The van der Waals surface area contributed by atoms with Crippen molar-refractivity contribution in [3.63, 3.8) is 0 Å². The van der Waals surface area contributed by atoms with Gasteiger partial charge in [0.25, 0.3) is 0 Å². The van der Waals surface area contributed by atoms with Gasteiger partial charge in [-0.15, -0.1) is 12.4 Å². The standard InChI is InChI=1S/C22H25F2NO4.ClH/c23-15-3-7-19-13(9-15)1-5-21(28-19)17(26)11-25-12-18(27)22-6-2-14-10-16(24)4-8-20(14)29-22;/h3-4,7-10,17-18,21-22,25-27H,1-2,5-6,11-12H2;1H/t17-,18-,21-,22+;/m0./s1/i11D2,12D2;. The van der Waals surface area contributed by atoms with Crippen molar-refractivity contribution in [2.75, 3.05) is 13.0 Å². The minimum atomic E-state index is -2.68. The predicted octanol–water partition coefficient (Wildman–Crippen LogP) is 2.79. The van der Waals surface area contributed by atoms with Gasteiger partial charge < -0.3 is 25.0 Å². The van der Waals surface area contributed by atoms with E-state index in [1.165, 1.54) is 36.4 Å². The maximum absolute atomic E-state index is 13.4. The van der Waals surface area contributed by atoms with E-state index in [9.17, 15) is 19.0 Å². The molecule has 8 heteroatoms. The van der Waals surface area contributed by atoms with Gasteiger partial charge in [0, 0.05) is 18.5 Å². The van der Waals surface area contributed by atoms with Crippen LogP contribution in [0.5, 0.6) is 11.5 Å². The lowest BCUT2D eigenvalue weighted by Gasteiger charge is -2.31. The van der Waals surface area contributed by atoms with Crippen LogP contribution in [0.1, 0.15) is 29.5 Å². The number of ether oxygens (including phenoxy) is 2. The van der Waals surface area contributed by atoms with Crippen LogP contribution < -0.4 is 14.8 Å². The summed E-state index contributed by atoms with van der Waals surface area (Å²) in [4.78, 5) is 0. The van der Waals surface area contributed by atoms with Crippen molar-refractivity contribution in [1.82, 2.24) is 5.32 Å². The molecule has 4 atom stereocenters. The van der Waals surface area contributed by atoms with Crippen LogP contribution in [-0.4, -0.2) is 47.6 Å². The van der Waals surface area contributed by atoms with E-state index in [1.54, 1.807) is 0 Å². The Balaban J connectivity index is 0.00000324. The molecule has 0 aromatic heterocycles. The van der Waals surface area contributed by atoms with Gasteiger partial charge in [0.15, 0.2) is 0 Å². The Morgan fingerprint density at radius 3 is 1.77 bits per heavy atom. The molecule has 2 aliphatic heterocycles. The molecule has 0 radical (unpaired) electrons. The van der Waals surface area contributed by atoms with Gasteiger partial charge in [-0.1, -0.05) is 0 Å². The van der Waals surface area contributed by atoms with Gasteiger partial charge in [-0.2, -0.15) is 0 Å². The number of aliphatic hydroxyl groups is 2. The number of hydrogen-bond acceptors (Lipinski definition) is 5. The van der Waals surface area contributed by atoms with E-state index in [2.05, 4.69) is 5.32 Å². The van der Waals surface area contributed by atoms with Crippen molar-refractivity contribution in [2.24, 2.45) is 0 Å². The van der Waals surface area contributed by atoms with Gasteiger partial charge in [0.05, 0.1) is 0 Å². The number of halogens is 3. The summed E-state index contributed by atoms with van der Waals surface area (Å²) in [7, 11) is 0. The SMILES string of the molecule is Cl.[2H]C([2H])(NC([2H])([2H])[C@H](O)[C@H]1CCc2cc(F)ccc2O1)[C@H](O)[C@@H]1CCc2cc(F)ccc2O1. The van der Waals surface area contributed by atoms with E-state index >= 15 is 0 Å². The second kappa shape index (κ2) is 9.92. The molecule has 0 aliphatic carbocycles. The van der Waals surface area contributed by atoms with E-state index in [0.29, 0.717) is 35.5 Å². The van der Waals surface area contributed by atoms with Gasteiger partial charge in [-0.05, 0) is 73.2 Å². The van der Waals surface area contributed by atoms with Crippen molar-refractivity contribution in [3.05, 3.63) is 59.2 Å². The first-order valence-corrected chi connectivity index (χ1v) is 9.52. The fourth-order valence-electron chi connectivity index (χ4n) is 3.58. The number of rotatable bonds is 6. The Labute approximate surface area is 186 Å². The third-order valence-corrected chi connectivity index (χ3v) is 5.14. The number of nitrogens with one attached hydrogen (secondary N) is 1. The summed E-state index contributed by atoms with van der Waals surface area (Å²) in [6.07, 6.45) is -4.47. The maximum atomic E-state index is 13.4. The molecule has 5 nitrogen and oxygen atoms in total. The lowest BCUT2D eigenvalue weighted by Crippen LogP contribution is -2.46. The smallest absolute Gasteiger partial charge is 0.126 e. The summed E-state index contributed by atoms with van der Waals surface area (Å²) >= 11 is 0. The largest absolute Gasteiger partial charge is 0.487 e. The van der Waals surface area contributed by atoms with E-state index in [1.807, 2.05) is 0 Å². The Morgan fingerprint density at radius 1 is 0.900 bits per heavy atom. The van der Waals surface area contributed by atoms with Crippen LogP contribution in [0.25, 0.3) is 0 Å². The molecule has 0 unspecified atom stereocenters. The summed E-state index contributed by atoms with van der Waals surface area (Å²) in [6.45, 7) is -5.36. The molecule has 0 bridgehead atoms. The zero-order valence-electron chi connectivity index (χ0n) is 20.0. The van der Waals surface area contributed by atoms with Gasteiger partial charge in [-0.3, -0.25) is 0 Å². The highest BCUT2D eigenvalue weighted by Crippen LogP contribution is 2.30. The first kappa shape index (κ1) is 17.7. The van der Waals surface area contributed by atoms with Gasteiger partial charge >= 0.3 is 0 Å². The minimum Gasteiger partial charge on any atom is -0.487 e. The van der Waals surface area contributed by atoms with Crippen LogP contribution >= 0.6 is 12.4 Å². The molecule has 2 aliphatic rings. The van der Waals surface area contributed by atoms with E-state index < -0.39 is 49.0 Å². The number of aryl methyl sites for hydroxylation is 2. The molecule has 2 heterocycles. The molecule has 0 saturated heterocycles. The van der Waals surface area contributed by atoms with Gasteiger partial charge in [0.1, 0.15) is 47.5 Å². The molecule has 0 fully saturated rings. The van der Waals surface area contributed by atoms with Crippen LogP contribution in [0.2, 0.25) is 0 Å². The lowest BCUT2D eigenvalue weighted by molar-refractivity contribution is 0.00892. The Hall–Kier alpha value is -1.93. The number of aliphatic hydroxyl groups excluding tert-OH is 2. The molecule has 4 rings (SSSR count). The van der Waals surface area contributed by atoms with Crippen molar-refractivity contribution in [3.8, 4) is 11.5 Å². The number of hydrogen-bond donors (Lipinski definition) is 3. The Bertz CT molecular complexity index is 953. The first-order chi connectivity index (χ1) is 15.5. The summed E-state index contributed by atoms with van der Waals surface area (Å²) < 4.78 is 70.9. The summed E-state index contributed by atoms with van der Waals surface area (Å²) in [6, 6.07) is 7.84. The second-order valence-corrected chi connectivity index (χ2v) is 7.20. The Morgan fingerprint density at radius 2 is 1.33 bits per heavy atom. The molecule has 2 aromatic rings. The van der Waals surface area contributed by atoms with Gasteiger partial charge in [0.2, 0.25) is 0 Å². The second-order valence-electron chi connectivity index (χ2n) is 7.20. The predicted molar refractivity (Wildman–Crippen MR) is 110 cm³/mol. The molecular weight excluding hydrogens is 416 g/mol. The maximum Gasteiger partial charge on any atom is 0.126 e. The highest BCUT2D eigenvalue weighted by atomic mass is 35.5. The van der Waals surface area contributed by atoms with Crippen molar-refractivity contribution >= 4 is 12.4 Å². The normalized spacial score (nSPS) is 24.8. The zero-order valence-corrected chi connectivity index (χ0v) is 16.8. The molecule has 0 amide bonds. The topological polar surface area (TPSA) is 71.0 Å². The average Bonchev–Trinajstić information content (AvgIpc) is 2.76. The third-order valence-electron chi connectivity index (χ3n) is 5.14. The van der Waals surface area contributed by atoms with Gasteiger partial charge in [-0.25, -0.2) is 8.78 Å². The van der Waals surface area contributed by atoms with Crippen LogP contribution in [-0.2, 0) is 12.8 Å². The highest BCUT2D eigenvalue weighted by molar-refractivity contribution is 5.85. The highest BCUT2D eigenvalue weighted by Gasteiger charge is 2.29. The molecule has 164 valence electrons. The quantitative estimate of drug-likeness (QED) is 0.638. The molecule has 3 N–H and O–H groups in total. The number of benzene rings is 2. The average molecular weight is 446 g/mol. The van der Waals surface area contributed by atoms with Crippen molar-refractivity contribution < 1.29 is 34.0 Å². The molecule has 30 heavy (non-hydrogen) atoms. The van der Waals surface area contributed by atoms with E-state index in [4.69, 9.17) is 15.0 Å². The molecule has 0 saturated carbocycles. The fourth-order valence-corrected chi connectivity index (χ4v) is 3.58. The van der Waals surface area contributed by atoms with Crippen LogP contribution in [0, 0.1) is 11.6 Å². The number of fused-ring (bicyclic) bond motifs is 2. The van der Waals surface area contributed by atoms with Crippen LogP contribution in [0.15, 0.2) is 36.4 Å². The lowest BCUT2D eigenvalue weighted by atomic mass is 9.98. The summed E-state index contributed by atoms with van der Waals surface area (Å²) in [5, 5.41) is 23.4. The third kappa shape index (κ3) is 5.21. The first-order valence-electron chi connectivity index (χ1n) is 11.5. The van der Waals surface area contributed by atoms with E-state index in [0.717, 1.165) is 0 Å². The molecule has 0 spiro atoms. The minimum absolute atomic E-state index is 0. The molecule has 2 aromatic carbocycles. The summed E-state index contributed by atoms with van der Waals surface area (Å²) in [5.74, 6) is -0.186.